The Bertz CT molecular complexity index is 2310. The molecule has 2 fully saturated rings. The molecule has 0 aliphatic carbocycles. The van der Waals surface area contributed by atoms with Crippen LogP contribution in [0, 0.1) is 12.3 Å². The highest BCUT2D eigenvalue weighted by molar-refractivity contribution is 7.13. The van der Waals surface area contributed by atoms with Crippen LogP contribution >= 0.6 is 11.3 Å². The molecule has 6 rings (SSSR count). The van der Waals surface area contributed by atoms with Gasteiger partial charge in [0.05, 0.1) is 33.3 Å². The number of anilines is 1. The molecule has 1 aromatic heterocycles. The molecular formula is C53H73N7O10S. The van der Waals surface area contributed by atoms with Crippen LogP contribution in [-0.2, 0) is 40.0 Å². The summed E-state index contributed by atoms with van der Waals surface area (Å²) in [5.74, 6) is -2.99. The van der Waals surface area contributed by atoms with Gasteiger partial charge in [0.1, 0.15) is 18.1 Å². The maximum absolute atomic E-state index is 14.0. The van der Waals surface area contributed by atoms with Crippen molar-refractivity contribution in [3.05, 3.63) is 70.4 Å². The first-order valence-corrected chi connectivity index (χ1v) is 26.3. The number of benzene rings is 2. The Kier molecular flexibility index (Phi) is 20.6. The monoisotopic (exact) mass is 1000 g/mol. The minimum atomic E-state index is -0.989. The number of aliphatic hydroxyl groups is 1. The van der Waals surface area contributed by atoms with E-state index < -0.39 is 53.3 Å². The molecule has 17 nitrogen and oxygen atoms in total. The van der Waals surface area contributed by atoms with Crippen LogP contribution in [0.5, 0.6) is 0 Å². The Balaban J connectivity index is 0.749. The highest BCUT2D eigenvalue weighted by atomic mass is 32.1. The minimum absolute atomic E-state index is 0.0250. The lowest BCUT2D eigenvalue weighted by atomic mass is 9.85. The van der Waals surface area contributed by atoms with Crippen molar-refractivity contribution in [3.63, 3.8) is 0 Å². The van der Waals surface area contributed by atoms with Gasteiger partial charge in [0.2, 0.25) is 29.5 Å². The summed E-state index contributed by atoms with van der Waals surface area (Å²) in [5.41, 5.74) is 5.24. The fraction of sp³-hybridized carbons (Fsp3) is 0.585. The van der Waals surface area contributed by atoms with E-state index in [0.29, 0.717) is 38.5 Å². The van der Waals surface area contributed by atoms with E-state index in [-0.39, 0.29) is 67.6 Å². The molecule has 2 saturated heterocycles. The zero-order chi connectivity index (χ0) is 50.9. The summed E-state index contributed by atoms with van der Waals surface area (Å²) in [6, 6.07) is 10.3. The normalized spacial score (nSPS) is 18.4. The van der Waals surface area contributed by atoms with E-state index in [1.54, 1.807) is 29.5 Å². The summed E-state index contributed by atoms with van der Waals surface area (Å²) in [5, 5.41) is 22.0. The van der Waals surface area contributed by atoms with Crippen molar-refractivity contribution in [1.82, 2.24) is 30.7 Å². The van der Waals surface area contributed by atoms with Crippen molar-refractivity contribution >= 4 is 58.4 Å². The molecule has 0 radical (unpaired) electrons. The van der Waals surface area contributed by atoms with E-state index >= 15 is 0 Å². The molecule has 0 bridgehead atoms. The Morgan fingerprint density at radius 3 is 2.13 bits per heavy atom. The molecule has 3 aliphatic heterocycles. The Morgan fingerprint density at radius 1 is 0.859 bits per heavy atom. The number of hydrogen-bond acceptors (Lipinski definition) is 13. The van der Waals surface area contributed by atoms with Crippen molar-refractivity contribution in [1.29, 1.82) is 0 Å². The molecule has 4 atom stereocenters. The molecule has 7 amide bonds. The van der Waals surface area contributed by atoms with E-state index in [2.05, 4.69) is 26.3 Å². The van der Waals surface area contributed by atoms with Crippen LogP contribution in [-0.4, -0.2) is 125 Å². The number of imide groups is 2. The fourth-order valence-electron chi connectivity index (χ4n) is 9.21. The lowest BCUT2D eigenvalue weighted by Gasteiger charge is -2.35. The predicted octanol–water partition coefficient (Wildman–Crippen LogP) is 6.46. The average Bonchev–Trinajstić information content (AvgIpc) is 4.03. The largest absolute Gasteiger partial charge is 0.391 e. The van der Waals surface area contributed by atoms with E-state index in [0.717, 1.165) is 97.4 Å². The molecule has 2 aromatic carbocycles. The second kappa shape index (κ2) is 26.8. The van der Waals surface area contributed by atoms with Crippen LogP contribution in [0.4, 0.5) is 5.69 Å². The van der Waals surface area contributed by atoms with E-state index in [4.69, 9.17) is 9.47 Å². The predicted molar refractivity (Wildman–Crippen MR) is 270 cm³/mol. The van der Waals surface area contributed by atoms with Crippen molar-refractivity contribution < 1.29 is 48.1 Å². The first-order chi connectivity index (χ1) is 34.1. The third-order valence-corrected chi connectivity index (χ3v) is 14.2. The SMILES string of the molecule is Cc1ncsc1-c1ccc(CNC(=O)[C@@H]2C[C@@H](O)CN2C(=O)[C@@H](NC(=O)CCCCCOCCCCCCOCCCCCCNc2cccc3c2C(=O)N(C2CCC(=O)NC2=O)C3=O)C(C)(C)C)cc1. The van der Waals surface area contributed by atoms with Gasteiger partial charge in [-0.15, -0.1) is 11.3 Å². The molecule has 71 heavy (non-hydrogen) atoms. The molecule has 0 spiro atoms. The van der Waals surface area contributed by atoms with Gasteiger partial charge >= 0.3 is 0 Å². The number of carbonyl (C=O) groups excluding carboxylic acids is 7. The average molecular weight is 1000 g/mol. The smallest absolute Gasteiger partial charge is 0.264 e. The van der Waals surface area contributed by atoms with E-state index in [9.17, 15) is 38.7 Å². The molecule has 0 saturated carbocycles. The topological polar surface area (TPSA) is 226 Å². The number of nitrogens with one attached hydrogen (secondary N) is 4. The van der Waals surface area contributed by atoms with Gasteiger partial charge in [-0.25, -0.2) is 4.98 Å². The molecule has 5 N–H and O–H groups in total. The molecule has 3 aliphatic rings. The van der Waals surface area contributed by atoms with Crippen molar-refractivity contribution in [2.45, 2.75) is 155 Å². The minimum Gasteiger partial charge on any atom is -0.391 e. The number of unbranched alkanes of at least 4 members (excludes halogenated alkanes) is 8. The summed E-state index contributed by atoms with van der Waals surface area (Å²) >= 11 is 1.58. The standard InChI is InChI=1S/C53H73N7O10S/c1-35-46(71-34-56-35)37-22-20-36(21-23-37)32-55-48(64)42-31-38(61)33-59(42)52(68)47(53(2,3)4)57-43(62)19-10-9-15-30-70-29-14-8-7-13-28-69-27-12-6-5-11-26-54-40-18-16-17-39-45(40)51(67)60(50(39)66)41-24-25-44(63)58-49(41)65/h16-18,20-23,34,38,41-42,47,54,61H,5-15,19,24-33H2,1-4H3,(H,55,64)(H,57,62)(H,58,63,65)/t38-,41?,42+,47-/m1/s1. The van der Waals surface area contributed by atoms with Gasteiger partial charge in [0.25, 0.3) is 11.8 Å². The van der Waals surface area contributed by atoms with Crippen molar-refractivity contribution in [3.8, 4) is 10.4 Å². The second-order valence-corrected chi connectivity index (χ2v) is 20.8. The number of thiazole rings is 1. The highest BCUT2D eigenvalue weighted by Crippen LogP contribution is 2.33. The highest BCUT2D eigenvalue weighted by Gasteiger charge is 2.46. The first kappa shape index (κ1) is 54.8. The number of β-amino-alcohol motifs (C(OH)–C–C–N with tert-alkyl or cyclic N) is 1. The van der Waals surface area contributed by atoms with Gasteiger partial charge in [0, 0.05) is 71.0 Å². The van der Waals surface area contributed by atoms with E-state index in [1.165, 1.54) is 4.90 Å². The zero-order valence-electron chi connectivity index (χ0n) is 41.9. The number of aryl methyl sites for hydroxylation is 1. The van der Waals surface area contributed by atoms with Gasteiger partial charge in [-0.3, -0.25) is 43.8 Å². The summed E-state index contributed by atoms with van der Waals surface area (Å²) in [6.45, 7) is 11.3. The number of ether oxygens (including phenoxy) is 2. The van der Waals surface area contributed by atoms with Gasteiger partial charge < -0.3 is 35.4 Å². The maximum Gasteiger partial charge on any atom is 0.264 e. The third kappa shape index (κ3) is 15.5. The van der Waals surface area contributed by atoms with Crippen LogP contribution in [0.25, 0.3) is 10.4 Å². The van der Waals surface area contributed by atoms with Crippen molar-refractivity contribution in [2.75, 3.05) is 44.8 Å². The Labute approximate surface area is 421 Å². The fourth-order valence-corrected chi connectivity index (χ4v) is 10.0. The number of aromatic nitrogens is 1. The summed E-state index contributed by atoms with van der Waals surface area (Å²) < 4.78 is 11.7. The third-order valence-electron chi connectivity index (χ3n) is 13.2. The summed E-state index contributed by atoms with van der Waals surface area (Å²) in [6.07, 6.45) is 10.0. The number of carbonyl (C=O) groups is 7. The van der Waals surface area contributed by atoms with Crippen LogP contribution in [0.15, 0.2) is 48.0 Å². The second-order valence-electron chi connectivity index (χ2n) is 19.9. The Morgan fingerprint density at radius 2 is 1.51 bits per heavy atom. The summed E-state index contributed by atoms with van der Waals surface area (Å²) in [7, 11) is 0. The number of piperidine rings is 1. The Hall–Kier alpha value is -5.56. The molecule has 386 valence electrons. The van der Waals surface area contributed by atoms with Crippen LogP contribution < -0.4 is 21.3 Å². The van der Waals surface area contributed by atoms with Gasteiger partial charge in [-0.2, -0.15) is 0 Å². The van der Waals surface area contributed by atoms with Gasteiger partial charge in [-0.05, 0) is 80.5 Å². The maximum atomic E-state index is 14.0. The number of hydrogen-bond donors (Lipinski definition) is 5. The van der Waals surface area contributed by atoms with Crippen LogP contribution in [0.3, 0.4) is 0 Å². The number of nitrogens with zero attached hydrogens (tertiary/aromatic N) is 3. The molecule has 18 heteroatoms. The lowest BCUT2D eigenvalue weighted by molar-refractivity contribution is -0.144. The number of amides is 7. The van der Waals surface area contributed by atoms with Crippen LogP contribution in [0.1, 0.15) is 149 Å². The molecule has 3 aromatic rings. The summed E-state index contributed by atoms with van der Waals surface area (Å²) in [4.78, 5) is 98.6. The first-order valence-electron chi connectivity index (χ1n) is 25.4. The van der Waals surface area contributed by atoms with Gasteiger partial charge in [-0.1, -0.05) is 83.2 Å². The number of aliphatic hydroxyl groups excluding tert-OH is 1. The molecular weight excluding hydrogens is 927 g/mol. The van der Waals surface area contributed by atoms with Crippen molar-refractivity contribution in [2.24, 2.45) is 5.41 Å². The number of fused-ring (bicyclic) bond motifs is 1. The zero-order valence-corrected chi connectivity index (χ0v) is 42.7. The number of rotatable bonds is 28. The quantitative estimate of drug-likeness (QED) is 0.0391. The van der Waals surface area contributed by atoms with E-state index in [1.807, 2.05) is 57.5 Å². The molecule has 1 unspecified atom stereocenters. The van der Waals surface area contributed by atoms with Crippen LogP contribution in [0.2, 0.25) is 0 Å². The molecule has 4 heterocycles. The lowest BCUT2D eigenvalue weighted by Crippen LogP contribution is -2.57. The number of likely N-dealkylation sites (tertiary alicyclic amines) is 1. The van der Waals surface area contributed by atoms with Gasteiger partial charge in [0.15, 0.2) is 0 Å².